The van der Waals surface area contributed by atoms with Crippen LogP contribution in [-0.4, -0.2) is 11.5 Å². The maximum atomic E-state index is 6.15. The largest absolute Gasteiger partial charge is 0.437 e. The van der Waals surface area contributed by atoms with Gasteiger partial charge in [-0.2, -0.15) is 0 Å². The molecule has 0 aliphatic heterocycles. The minimum absolute atomic E-state index is 0.486. The van der Waals surface area contributed by atoms with Crippen molar-refractivity contribution in [2.45, 2.75) is 26.8 Å². The number of aryl methyl sites for hydroxylation is 1. The van der Waals surface area contributed by atoms with Crippen LogP contribution in [-0.2, 0) is 6.54 Å². The molecule has 1 aromatic heterocycles. The predicted molar refractivity (Wildman–Crippen MR) is 87.5 cm³/mol. The Morgan fingerprint density at radius 1 is 1.19 bits per heavy atom. The summed E-state index contributed by atoms with van der Waals surface area (Å²) in [5.74, 6) is 1.08. The number of hydrogen-bond acceptors (Lipinski definition) is 3. The maximum Gasteiger partial charge on any atom is 0.219 e. The third-order valence-electron chi connectivity index (χ3n) is 2.95. The fourth-order valence-electron chi connectivity index (χ4n) is 1.85. The molecule has 0 atom stereocenters. The summed E-state index contributed by atoms with van der Waals surface area (Å²) < 4.78 is 5.76. The van der Waals surface area contributed by atoms with Crippen LogP contribution in [0.5, 0.6) is 11.6 Å². The molecule has 0 unspecified atom stereocenters. The van der Waals surface area contributed by atoms with E-state index in [1.165, 1.54) is 0 Å². The second-order valence-electron chi connectivity index (χ2n) is 4.83. The lowest BCUT2D eigenvalue weighted by Crippen LogP contribution is -2.14. The van der Waals surface area contributed by atoms with Crippen LogP contribution in [0.15, 0.2) is 30.5 Å². The number of nitrogens with zero attached hydrogens (tertiary/aromatic N) is 1. The van der Waals surface area contributed by atoms with E-state index in [0.717, 1.165) is 24.1 Å². The van der Waals surface area contributed by atoms with Gasteiger partial charge in [0.05, 0.1) is 10.0 Å². The van der Waals surface area contributed by atoms with Crippen molar-refractivity contribution in [3.63, 3.8) is 0 Å². The number of hydrogen-bond donors (Lipinski definition) is 1. The van der Waals surface area contributed by atoms with E-state index in [1.54, 1.807) is 6.20 Å². The highest BCUT2D eigenvalue weighted by molar-refractivity contribution is 6.32. The number of benzene rings is 1. The van der Waals surface area contributed by atoms with E-state index >= 15 is 0 Å². The minimum atomic E-state index is 0.486. The number of aromatic nitrogens is 1. The van der Waals surface area contributed by atoms with E-state index < -0.39 is 0 Å². The number of ether oxygens (including phenoxy) is 1. The highest BCUT2D eigenvalue weighted by atomic mass is 35.5. The normalized spacial score (nSPS) is 10.7. The summed E-state index contributed by atoms with van der Waals surface area (Å²) in [6.45, 7) is 5.74. The zero-order chi connectivity index (χ0) is 15.2. The molecule has 0 fully saturated rings. The topological polar surface area (TPSA) is 34.1 Å². The Labute approximate surface area is 135 Å². The molecule has 0 saturated carbocycles. The van der Waals surface area contributed by atoms with Crippen LogP contribution in [0.3, 0.4) is 0 Å². The molecule has 1 heterocycles. The van der Waals surface area contributed by atoms with Crippen molar-refractivity contribution in [1.82, 2.24) is 10.3 Å². The van der Waals surface area contributed by atoms with Gasteiger partial charge in [-0.1, -0.05) is 36.2 Å². The molecule has 112 valence electrons. The first-order valence-electron chi connectivity index (χ1n) is 6.89. The van der Waals surface area contributed by atoms with E-state index in [9.17, 15) is 0 Å². The molecule has 0 amide bonds. The number of pyridine rings is 1. The van der Waals surface area contributed by atoms with E-state index in [-0.39, 0.29) is 0 Å². The molecule has 1 aromatic carbocycles. The Morgan fingerprint density at radius 2 is 2.00 bits per heavy atom. The molecular weight excluding hydrogens is 307 g/mol. The molecular formula is C16H18Cl2N2O. The Morgan fingerprint density at radius 3 is 2.76 bits per heavy atom. The number of halogens is 2. The van der Waals surface area contributed by atoms with Gasteiger partial charge >= 0.3 is 0 Å². The van der Waals surface area contributed by atoms with Gasteiger partial charge in [-0.3, -0.25) is 0 Å². The Hall–Kier alpha value is -1.29. The summed E-state index contributed by atoms with van der Waals surface area (Å²) in [4.78, 5) is 4.19. The first kappa shape index (κ1) is 16.1. The SMILES string of the molecule is CCCNCc1cc(Oc2cc(C)ccc2Cl)ncc1Cl. The van der Waals surface area contributed by atoms with Crippen LogP contribution in [0.2, 0.25) is 10.0 Å². The van der Waals surface area contributed by atoms with Gasteiger partial charge in [0.1, 0.15) is 5.75 Å². The summed E-state index contributed by atoms with van der Waals surface area (Å²) in [7, 11) is 0. The zero-order valence-corrected chi connectivity index (χ0v) is 13.6. The highest BCUT2D eigenvalue weighted by Crippen LogP contribution is 2.30. The maximum absolute atomic E-state index is 6.15. The van der Waals surface area contributed by atoms with E-state index in [1.807, 2.05) is 31.2 Å². The first-order valence-corrected chi connectivity index (χ1v) is 7.65. The van der Waals surface area contributed by atoms with Crippen LogP contribution in [0.4, 0.5) is 0 Å². The molecule has 2 aromatic rings. The average molecular weight is 325 g/mol. The third kappa shape index (κ3) is 4.60. The molecule has 0 saturated heterocycles. The Kier molecular flexibility index (Phi) is 5.85. The van der Waals surface area contributed by atoms with Crippen molar-refractivity contribution in [1.29, 1.82) is 0 Å². The van der Waals surface area contributed by atoms with Crippen molar-refractivity contribution >= 4 is 23.2 Å². The number of rotatable bonds is 6. The lowest BCUT2D eigenvalue weighted by molar-refractivity contribution is 0.461. The smallest absolute Gasteiger partial charge is 0.219 e. The molecule has 3 nitrogen and oxygen atoms in total. The van der Waals surface area contributed by atoms with Gasteiger partial charge < -0.3 is 10.1 Å². The lowest BCUT2D eigenvalue weighted by Gasteiger charge is -2.10. The molecule has 0 radical (unpaired) electrons. The summed E-state index contributed by atoms with van der Waals surface area (Å²) >= 11 is 12.3. The monoisotopic (exact) mass is 324 g/mol. The summed E-state index contributed by atoms with van der Waals surface area (Å²) in [5.41, 5.74) is 2.03. The minimum Gasteiger partial charge on any atom is -0.437 e. The summed E-state index contributed by atoms with van der Waals surface area (Å²) in [6, 6.07) is 7.47. The van der Waals surface area contributed by atoms with Crippen LogP contribution in [0.25, 0.3) is 0 Å². The fraction of sp³-hybridized carbons (Fsp3) is 0.312. The van der Waals surface area contributed by atoms with Crippen molar-refractivity contribution in [3.8, 4) is 11.6 Å². The van der Waals surface area contributed by atoms with Crippen LogP contribution < -0.4 is 10.1 Å². The van der Waals surface area contributed by atoms with E-state index in [2.05, 4.69) is 17.2 Å². The molecule has 0 spiro atoms. The first-order chi connectivity index (χ1) is 10.1. The van der Waals surface area contributed by atoms with Gasteiger partial charge in [-0.15, -0.1) is 0 Å². The molecule has 1 N–H and O–H groups in total. The standard InChI is InChI=1S/C16H18Cl2N2O/c1-3-6-19-9-12-8-16(20-10-14(12)18)21-15-7-11(2)4-5-13(15)17/h4-5,7-8,10,19H,3,6,9H2,1-2H3. The quantitative estimate of drug-likeness (QED) is 0.760. The van der Waals surface area contributed by atoms with Crippen molar-refractivity contribution in [3.05, 3.63) is 51.6 Å². The van der Waals surface area contributed by atoms with Gasteiger partial charge in [0.2, 0.25) is 5.88 Å². The third-order valence-corrected chi connectivity index (χ3v) is 3.61. The second-order valence-corrected chi connectivity index (χ2v) is 5.64. The van der Waals surface area contributed by atoms with E-state index in [0.29, 0.717) is 28.2 Å². The van der Waals surface area contributed by atoms with Gasteiger partial charge in [0, 0.05) is 18.8 Å². The van der Waals surface area contributed by atoms with Crippen molar-refractivity contribution < 1.29 is 4.74 Å². The molecule has 5 heteroatoms. The summed E-state index contributed by atoms with van der Waals surface area (Å²) in [6.07, 6.45) is 2.68. The van der Waals surface area contributed by atoms with Crippen molar-refractivity contribution in [2.24, 2.45) is 0 Å². The fourth-order valence-corrected chi connectivity index (χ4v) is 2.18. The van der Waals surface area contributed by atoms with Crippen molar-refractivity contribution in [2.75, 3.05) is 6.54 Å². The van der Waals surface area contributed by atoms with Crippen LogP contribution >= 0.6 is 23.2 Å². The van der Waals surface area contributed by atoms with Gasteiger partial charge in [-0.05, 0) is 43.1 Å². The Bertz CT molecular complexity index is 617. The molecule has 0 aliphatic carbocycles. The molecule has 21 heavy (non-hydrogen) atoms. The van der Waals surface area contributed by atoms with Gasteiger partial charge in [0.15, 0.2) is 0 Å². The number of nitrogens with one attached hydrogen (secondary N) is 1. The second kappa shape index (κ2) is 7.64. The summed E-state index contributed by atoms with van der Waals surface area (Å²) in [5, 5.41) is 4.49. The molecule has 0 bridgehead atoms. The van der Waals surface area contributed by atoms with Crippen LogP contribution in [0, 0.1) is 6.92 Å². The van der Waals surface area contributed by atoms with Gasteiger partial charge in [-0.25, -0.2) is 4.98 Å². The Balaban J connectivity index is 2.16. The van der Waals surface area contributed by atoms with Gasteiger partial charge in [0.25, 0.3) is 0 Å². The highest BCUT2D eigenvalue weighted by Gasteiger charge is 2.08. The zero-order valence-electron chi connectivity index (χ0n) is 12.1. The van der Waals surface area contributed by atoms with E-state index in [4.69, 9.17) is 27.9 Å². The molecule has 2 rings (SSSR count). The lowest BCUT2D eigenvalue weighted by atomic mass is 10.2. The van der Waals surface area contributed by atoms with Crippen LogP contribution in [0.1, 0.15) is 24.5 Å². The average Bonchev–Trinajstić information content (AvgIpc) is 2.46. The molecule has 0 aliphatic rings. The predicted octanol–water partition coefficient (Wildman–Crippen LogP) is 4.99.